The first-order valence-electron chi connectivity index (χ1n) is 10.1. The van der Waals surface area contributed by atoms with Gasteiger partial charge in [0.1, 0.15) is 11.6 Å². The predicted octanol–water partition coefficient (Wildman–Crippen LogP) is 4.08. The normalized spacial score (nSPS) is 15.1. The summed E-state index contributed by atoms with van der Waals surface area (Å²) >= 11 is 1.19. The molecule has 1 amide bonds. The van der Waals surface area contributed by atoms with Gasteiger partial charge in [0.25, 0.3) is 5.56 Å². The highest BCUT2D eigenvalue weighted by Gasteiger charge is 2.31. The Labute approximate surface area is 188 Å². The molecule has 1 aromatic heterocycles. The first-order valence-corrected chi connectivity index (χ1v) is 11.1. The lowest BCUT2D eigenvalue weighted by atomic mass is 9.86. The molecule has 0 unspecified atom stereocenters. The van der Waals surface area contributed by atoms with Crippen molar-refractivity contribution in [3.8, 4) is 11.5 Å². The van der Waals surface area contributed by atoms with Crippen molar-refractivity contribution >= 4 is 23.5 Å². The molecule has 1 atom stereocenters. The number of H-pyrrole nitrogens is 1. The second-order valence-corrected chi connectivity index (χ2v) is 8.13. The number of methoxy groups -OCH3 is 1. The second-order valence-electron chi connectivity index (χ2n) is 7.16. The van der Waals surface area contributed by atoms with E-state index in [9.17, 15) is 14.0 Å². The number of benzene rings is 2. The maximum atomic E-state index is 13.9. The minimum Gasteiger partial charge on any atom is -0.493 e. The molecule has 1 aliphatic heterocycles. The Hall–Kier alpha value is -3.33. The molecule has 2 N–H and O–H groups in total. The molecule has 32 heavy (non-hydrogen) atoms. The van der Waals surface area contributed by atoms with Crippen molar-refractivity contribution in [2.75, 3.05) is 19.0 Å². The highest BCUT2D eigenvalue weighted by atomic mass is 32.2. The van der Waals surface area contributed by atoms with E-state index in [1.54, 1.807) is 37.4 Å². The van der Waals surface area contributed by atoms with Gasteiger partial charge in [0.05, 0.1) is 19.3 Å². The molecule has 0 fully saturated rings. The van der Waals surface area contributed by atoms with E-state index in [1.165, 1.54) is 17.8 Å². The third kappa shape index (κ3) is 4.47. The summed E-state index contributed by atoms with van der Waals surface area (Å²) < 4.78 is 24.9. The van der Waals surface area contributed by atoms with Crippen LogP contribution < -0.4 is 20.3 Å². The predicted molar refractivity (Wildman–Crippen MR) is 120 cm³/mol. The van der Waals surface area contributed by atoms with Crippen LogP contribution in [0.5, 0.6) is 11.5 Å². The van der Waals surface area contributed by atoms with Crippen LogP contribution in [0.25, 0.3) is 0 Å². The molecular formula is C23H22FN3O4S. The van der Waals surface area contributed by atoms with Crippen LogP contribution in [0, 0.1) is 5.82 Å². The Kier molecular flexibility index (Phi) is 6.45. The Morgan fingerprint density at radius 1 is 1.19 bits per heavy atom. The van der Waals surface area contributed by atoms with E-state index >= 15 is 0 Å². The van der Waals surface area contributed by atoms with Gasteiger partial charge in [-0.05, 0) is 36.2 Å². The number of halogens is 1. The molecule has 0 saturated carbocycles. The number of ether oxygens (including phenoxy) is 2. The fourth-order valence-electron chi connectivity index (χ4n) is 3.64. The SMILES string of the molecule is CCOc1cc([C@@H]2CC(=O)Nc3nc(SCc4ccccc4F)[nH]c(=O)c32)ccc1OC. The number of aromatic amines is 1. The maximum Gasteiger partial charge on any atom is 0.257 e. The van der Waals surface area contributed by atoms with Crippen LogP contribution in [0.1, 0.15) is 36.0 Å². The fourth-order valence-corrected chi connectivity index (χ4v) is 4.49. The average molecular weight is 456 g/mol. The van der Waals surface area contributed by atoms with E-state index in [4.69, 9.17) is 9.47 Å². The summed E-state index contributed by atoms with van der Waals surface area (Å²) in [6.45, 7) is 2.32. The minimum absolute atomic E-state index is 0.109. The van der Waals surface area contributed by atoms with Crippen molar-refractivity contribution in [2.45, 2.75) is 30.2 Å². The molecule has 0 aliphatic carbocycles. The summed E-state index contributed by atoms with van der Waals surface area (Å²) in [5, 5.41) is 3.01. The van der Waals surface area contributed by atoms with Crippen molar-refractivity contribution in [3.05, 3.63) is 75.3 Å². The van der Waals surface area contributed by atoms with Crippen LogP contribution in [-0.4, -0.2) is 29.6 Å². The lowest BCUT2D eigenvalue weighted by Crippen LogP contribution is -2.31. The number of anilines is 1. The molecule has 3 aromatic rings. The highest BCUT2D eigenvalue weighted by molar-refractivity contribution is 7.98. The van der Waals surface area contributed by atoms with E-state index in [-0.39, 0.29) is 29.5 Å². The lowest BCUT2D eigenvalue weighted by Gasteiger charge is -2.25. The summed E-state index contributed by atoms with van der Waals surface area (Å²) in [5.74, 6) is 0.592. The molecule has 7 nitrogen and oxygen atoms in total. The van der Waals surface area contributed by atoms with Gasteiger partial charge in [-0.25, -0.2) is 9.37 Å². The van der Waals surface area contributed by atoms with Gasteiger partial charge in [-0.2, -0.15) is 0 Å². The number of fused-ring (bicyclic) bond motifs is 1. The molecule has 0 radical (unpaired) electrons. The number of hydrogen-bond acceptors (Lipinski definition) is 6. The molecular weight excluding hydrogens is 433 g/mol. The Morgan fingerprint density at radius 3 is 2.75 bits per heavy atom. The molecule has 2 aromatic carbocycles. The van der Waals surface area contributed by atoms with E-state index < -0.39 is 5.92 Å². The maximum absolute atomic E-state index is 13.9. The molecule has 166 valence electrons. The summed E-state index contributed by atoms with van der Waals surface area (Å²) in [5.41, 5.74) is 1.29. The van der Waals surface area contributed by atoms with E-state index in [2.05, 4.69) is 15.3 Å². The highest BCUT2D eigenvalue weighted by Crippen LogP contribution is 2.38. The number of aromatic nitrogens is 2. The molecule has 4 rings (SSSR count). The van der Waals surface area contributed by atoms with Gasteiger partial charge in [0, 0.05) is 18.1 Å². The summed E-state index contributed by atoms with van der Waals surface area (Å²) in [4.78, 5) is 32.6. The first-order chi connectivity index (χ1) is 15.5. The number of amides is 1. The first kappa shape index (κ1) is 21.9. The standard InChI is InChI=1S/C23H22FN3O4S/c1-3-31-18-10-13(8-9-17(18)30-2)15-11-19(28)25-21-20(15)22(29)27-23(26-21)32-12-14-6-4-5-7-16(14)24/h4-10,15H,3,11-12H2,1-2H3,(H2,25,26,27,28,29)/t15-/m0/s1. The summed E-state index contributed by atoms with van der Waals surface area (Å²) in [7, 11) is 1.55. The zero-order chi connectivity index (χ0) is 22.7. The van der Waals surface area contributed by atoms with Crippen molar-refractivity contribution in [1.82, 2.24) is 9.97 Å². The number of carbonyl (C=O) groups excluding carboxylic acids is 1. The monoisotopic (exact) mass is 455 g/mol. The van der Waals surface area contributed by atoms with Crippen LogP contribution in [0.4, 0.5) is 10.2 Å². The van der Waals surface area contributed by atoms with Crippen LogP contribution in [0.2, 0.25) is 0 Å². The third-order valence-corrected chi connectivity index (χ3v) is 6.06. The van der Waals surface area contributed by atoms with Crippen LogP contribution in [0.3, 0.4) is 0 Å². The lowest BCUT2D eigenvalue weighted by molar-refractivity contribution is -0.116. The second kappa shape index (κ2) is 9.44. The average Bonchev–Trinajstić information content (AvgIpc) is 2.78. The quantitative estimate of drug-likeness (QED) is 0.412. The molecule has 1 aliphatic rings. The number of rotatable bonds is 7. The molecule has 0 bridgehead atoms. The zero-order valence-corrected chi connectivity index (χ0v) is 18.4. The molecule has 2 heterocycles. The van der Waals surface area contributed by atoms with Crippen molar-refractivity contribution in [1.29, 1.82) is 0 Å². The number of nitrogens with zero attached hydrogens (tertiary/aromatic N) is 1. The van der Waals surface area contributed by atoms with Crippen LogP contribution in [0.15, 0.2) is 52.4 Å². The number of carbonyl (C=O) groups is 1. The molecule has 0 spiro atoms. The van der Waals surface area contributed by atoms with Gasteiger partial charge < -0.3 is 19.8 Å². The zero-order valence-electron chi connectivity index (χ0n) is 17.6. The Balaban J connectivity index is 1.67. The van der Waals surface area contributed by atoms with Gasteiger partial charge in [0.2, 0.25) is 5.91 Å². The third-order valence-electron chi connectivity index (χ3n) is 5.14. The van der Waals surface area contributed by atoms with Crippen molar-refractivity contribution < 1.29 is 18.7 Å². The van der Waals surface area contributed by atoms with Crippen LogP contribution in [-0.2, 0) is 10.5 Å². The van der Waals surface area contributed by atoms with Crippen LogP contribution >= 0.6 is 11.8 Å². The van der Waals surface area contributed by atoms with Gasteiger partial charge in [0.15, 0.2) is 16.7 Å². The van der Waals surface area contributed by atoms with Crippen molar-refractivity contribution in [2.24, 2.45) is 0 Å². The molecule has 0 saturated heterocycles. The smallest absolute Gasteiger partial charge is 0.257 e. The van der Waals surface area contributed by atoms with Gasteiger partial charge in [-0.1, -0.05) is 36.0 Å². The van der Waals surface area contributed by atoms with E-state index in [0.29, 0.717) is 40.1 Å². The molecule has 9 heteroatoms. The van der Waals surface area contributed by atoms with E-state index in [0.717, 1.165) is 5.56 Å². The Morgan fingerprint density at radius 2 is 2.00 bits per heavy atom. The summed E-state index contributed by atoms with van der Waals surface area (Å²) in [6.07, 6.45) is 0.109. The summed E-state index contributed by atoms with van der Waals surface area (Å²) in [6, 6.07) is 11.8. The number of nitrogens with one attached hydrogen (secondary N) is 2. The largest absolute Gasteiger partial charge is 0.493 e. The fraction of sp³-hybridized carbons (Fsp3) is 0.261. The Bertz CT molecular complexity index is 1210. The minimum atomic E-state index is -0.481. The van der Waals surface area contributed by atoms with Gasteiger partial charge >= 0.3 is 0 Å². The number of hydrogen-bond donors (Lipinski definition) is 2. The van der Waals surface area contributed by atoms with Crippen molar-refractivity contribution in [3.63, 3.8) is 0 Å². The van der Waals surface area contributed by atoms with E-state index in [1.807, 2.05) is 13.0 Å². The number of thioether (sulfide) groups is 1. The van der Waals surface area contributed by atoms with Gasteiger partial charge in [-0.15, -0.1) is 0 Å². The topological polar surface area (TPSA) is 93.3 Å². The van der Waals surface area contributed by atoms with Gasteiger partial charge in [-0.3, -0.25) is 9.59 Å².